The van der Waals surface area contributed by atoms with Gasteiger partial charge in [0, 0.05) is 11.8 Å². The molecule has 1 aromatic heterocycles. The molecule has 0 amide bonds. The monoisotopic (exact) mass is 193 g/mol. The quantitative estimate of drug-likeness (QED) is 0.722. The molecular weight excluding hydrogens is 188 g/mol. The third-order valence-corrected chi connectivity index (χ3v) is 1.62. The molecule has 0 aliphatic rings. The van der Waals surface area contributed by atoms with Gasteiger partial charge < -0.3 is 0 Å². The number of nitrogens with zero attached hydrogens (tertiary/aromatic N) is 3. The van der Waals surface area contributed by atoms with Crippen molar-refractivity contribution < 1.29 is 8.78 Å². The average molecular weight is 193 g/mol. The molecule has 3 nitrogen and oxygen atoms in total. The predicted octanol–water partition coefficient (Wildman–Crippen LogP) is 2.15. The molecule has 0 fully saturated rings. The van der Waals surface area contributed by atoms with Crippen molar-refractivity contribution >= 4 is 0 Å². The zero-order valence-corrected chi connectivity index (χ0v) is 6.98. The largest absolute Gasteiger partial charge is 0.265 e. The second-order valence-corrected chi connectivity index (χ2v) is 2.51. The Morgan fingerprint density at radius 2 is 1.86 bits per heavy atom. The van der Waals surface area contributed by atoms with Gasteiger partial charge in [-0.2, -0.15) is 10.5 Å². The van der Waals surface area contributed by atoms with Crippen LogP contribution in [0.4, 0.5) is 8.78 Å². The second kappa shape index (κ2) is 4.29. The number of nitriles is 2. The van der Waals surface area contributed by atoms with Crippen LogP contribution in [0.2, 0.25) is 0 Å². The zero-order chi connectivity index (χ0) is 10.6. The van der Waals surface area contributed by atoms with Gasteiger partial charge in [0.2, 0.25) is 0 Å². The van der Waals surface area contributed by atoms with Gasteiger partial charge in [0.15, 0.2) is 5.92 Å². The summed E-state index contributed by atoms with van der Waals surface area (Å²) < 4.78 is 24.2. The molecule has 5 heteroatoms. The molecule has 1 rings (SSSR count). The van der Waals surface area contributed by atoms with Crippen LogP contribution < -0.4 is 0 Å². The minimum atomic E-state index is -2.58. The Bertz CT molecular complexity index is 372. The Labute approximate surface area is 79.2 Å². The number of halogens is 2. The van der Waals surface area contributed by atoms with E-state index in [0.717, 1.165) is 12.3 Å². The van der Waals surface area contributed by atoms with E-state index < -0.39 is 12.3 Å². The summed E-state index contributed by atoms with van der Waals surface area (Å²) in [6, 6.07) is 5.84. The highest BCUT2D eigenvalue weighted by atomic mass is 19.3. The van der Waals surface area contributed by atoms with E-state index in [-0.39, 0.29) is 11.3 Å². The summed E-state index contributed by atoms with van der Waals surface area (Å²) in [5.41, 5.74) is -0.0252. The summed E-state index contributed by atoms with van der Waals surface area (Å²) in [7, 11) is 0. The number of hydrogen-bond acceptors (Lipinski definition) is 3. The summed E-state index contributed by atoms with van der Waals surface area (Å²) in [5, 5.41) is 17.0. The number of alkyl halides is 2. The van der Waals surface area contributed by atoms with Gasteiger partial charge in [-0.3, -0.25) is 4.98 Å². The van der Waals surface area contributed by atoms with Gasteiger partial charge in [-0.15, -0.1) is 0 Å². The fraction of sp³-hybridized carbons (Fsp3) is 0.222. The normalized spacial score (nSPS) is 9.86. The molecule has 0 bridgehead atoms. The van der Waals surface area contributed by atoms with Crippen LogP contribution >= 0.6 is 0 Å². The van der Waals surface area contributed by atoms with E-state index in [1.165, 1.54) is 6.07 Å². The van der Waals surface area contributed by atoms with E-state index in [9.17, 15) is 8.78 Å². The van der Waals surface area contributed by atoms with Crippen LogP contribution in [0.15, 0.2) is 18.3 Å². The fourth-order valence-corrected chi connectivity index (χ4v) is 0.878. The van der Waals surface area contributed by atoms with Crippen LogP contribution in [0.1, 0.15) is 23.6 Å². The molecule has 0 N–H and O–H groups in total. The highest BCUT2D eigenvalue weighted by Gasteiger charge is 2.12. The Hall–Kier alpha value is -2.01. The van der Waals surface area contributed by atoms with E-state index in [1.54, 1.807) is 12.1 Å². The van der Waals surface area contributed by atoms with Gasteiger partial charge in [0.05, 0.1) is 17.8 Å². The number of hydrogen-bond donors (Lipinski definition) is 0. The summed E-state index contributed by atoms with van der Waals surface area (Å²) in [4.78, 5) is 3.62. The molecule has 1 heterocycles. The SMILES string of the molecule is N#CC(C#N)c1ccc(C(F)F)cn1. The van der Waals surface area contributed by atoms with Crippen molar-refractivity contribution in [2.24, 2.45) is 0 Å². The van der Waals surface area contributed by atoms with E-state index in [4.69, 9.17) is 10.5 Å². The highest BCUT2D eigenvalue weighted by molar-refractivity contribution is 5.27. The summed E-state index contributed by atoms with van der Waals surface area (Å²) in [6.07, 6.45) is -1.61. The van der Waals surface area contributed by atoms with Crippen molar-refractivity contribution in [3.8, 4) is 12.1 Å². The van der Waals surface area contributed by atoms with Crippen LogP contribution in [0, 0.1) is 22.7 Å². The fourth-order valence-electron chi connectivity index (χ4n) is 0.878. The van der Waals surface area contributed by atoms with Crippen LogP contribution in [-0.2, 0) is 0 Å². The van der Waals surface area contributed by atoms with Crippen molar-refractivity contribution in [3.05, 3.63) is 29.6 Å². The minimum Gasteiger partial charge on any atom is -0.258 e. The topological polar surface area (TPSA) is 60.5 Å². The first-order valence-corrected chi connectivity index (χ1v) is 3.72. The number of aromatic nitrogens is 1. The molecule has 14 heavy (non-hydrogen) atoms. The lowest BCUT2D eigenvalue weighted by Gasteiger charge is -2.01. The zero-order valence-electron chi connectivity index (χ0n) is 6.98. The first-order valence-electron chi connectivity index (χ1n) is 3.72. The summed E-state index contributed by atoms with van der Waals surface area (Å²) >= 11 is 0. The molecule has 0 aromatic carbocycles. The standard InChI is InChI=1S/C9H5F2N3/c10-9(11)6-1-2-8(14-5-6)7(3-12)4-13/h1-2,5,7,9H. The molecule has 70 valence electrons. The van der Waals surface area contributed by atoms with Crippen molar-refractivity contribution in [1.82, 2.24) is 4.98 Å². The highest BCUT2D eigenvalue weighted by Crippen LogP contribution is 2.19. The third-order valence-electron chi connectivity index (χ3n) is 1.62. The van der Waals surface area contributed by atoms with E-state index >= 15 is 0 Å². The van der Waals surface area contributed by atoms with Gasteiger partial charge in [-0.25, -0.2) is 8.78 Å². The van der Waals surface area contributed by atoms with E-state index in [1.807, 2.05) is 0 Å². The number of rotatable bonds is 2. The Kier molecular flexibility index (Phi) is 3.09. The maximum absolute atomic E-state index is 12.1. The molecular formula is C9H5F2N3. The van der Waals surface area contributed by atoms with Crippen LogP contribution in [0.25, 0.3) is 0 Å². The molecule has 0 aliphatic heterocycles. The van der Waals surface area contributed by atoms with Crippen molar-refractivity contribution in [3.63, 3.8) is 0 Å². The van der Waals surface area contributed by atoms with Gasteiger partial charge in [0.25, 0.3) is 6.43 Å². The van der Waals surface area contributed by atoms with Crippen molar-refractivity contribution in [2.45, 2.75) is 12.3 Å². The molecule has 0 aliphatic carbocycles. The molecule has 0 atom stereocenters. The van der Waals surface area contributed by atoms with Gasteiger partial charge >= 0.3 is 0 Å². The molecule has 1 aromatic rings. The first-order chi connectivity index (χ1) is 6.69. The van der Waals surface area contributed by atoms with Crippen LogP contribution in [0.5, 0.6) is 0 Å². The summed E-state index contributed by atoms with van der Waals surface area (Å²) in [5.74, 6) is -0.998. The lowest BCUT2D eigenvalue weighted by Crippen LogP contribution is -1.96. The van der Waals surface area contributed by atoms with E-state index in [0.29, 0.717) is 0 Å². The Morgan fingerprint density at radius 3 is 2.21 bits per heavy atom. The molecule has 0 saturated carbocycles. The second-order valence-electron chi connectivity index (χ2n) is 2.51. The predicted molar refractivity (Wildman–Crippen MR) is 43.2 cm³/mol. The molecule has 0 unspecified atom stereocenters. The lowest BCUT2D eigenvalue weighted by molar-refractivity contribution is 0.151. The van der Waals surface area contributed by atoms with Crippen molar-refractivity contribution in [2.75, 3.05) is 0 Å². The van der Waals surface area contributed by atoms with Gasteiger partial charge in [-0.05, 0) is 12.1 Å². The first kappa shape index (κ1) is 10.1. The molecule has 0 spiro atoms. The third kappa shape index (κ3) is 2.02. The molecule has 0 radical (unpaired) electrons. The van der Waals surface area contributed by atoms with Crippen LogP contribution in [-0.4, -0.2) is 4.98 Å². The number of pyridine rings is 1. The van der Waals surface area contributed by atoms with E-state index in [2.05, 4.69) is 4.98 Å². The minimum absolute atomic E-state index is 0.194. The van der Waals surface area contributed by atoms with Crippen molar-refractivity contribution in [1.29, 1.82) is 10.5 Å². The van der Waals surface area contributed by atoms with Crippen LogP contribution in [0.3, 0.4) is 0 Å². The summed E-state index contributed by atoms with van der Waals surface area (Å²) in [6.45, 7) is 0. The maximum atomic E-state index is 12.1. The molecule has 0 saturated heterocycles. The van der Waals surface area contributed by atoms with Gasteiger partial charge in [-0.1, -0.05) is 0 Å². The lowest BCUT2D eigenvalue weighted by atomic mass is 10.1. The maximum Gasteiger partial charge on any atom is 0.265 e. The van der Waals surface area contributed by atoms with Gasteiger partial charge in [0.1, 0.15) is 0 Å². The smallest absolute Gasteiger partial charge is 0.258 e. The Balaban J connectivity index is 2.96. The Morgan fingerprint density at radius 1 is 1.21 bits per heavy atom. The average Bonchev–Trinajstić information content (AvgIpc) is 2.20.